The van der Waals surface area contributed by atoms with Crippen molar-refractivity contribution in [1.82, 2.24) is 5.32 Å². The highest BCUT2D eigenvalue weighted by Gasteiger charge is 2.17. The molecular weight excluding hydrogens is 272 g/mol. The Bertz CT molecular complexity index is 504. The molecule has 0 atom stereocenters. The minimum atomic E-state index is -0.368. The molecule has 6 heteroatoms. The molecular formula is C15H20N2O4. The van der Waals surface area contributed by atoms with Gasteiger partial charge in [0, 0.05) is 19.5 Å². The van der Waals surface area contributed by atoms with Crippen LogP contribution >= 0.6 is 0 Å². The zero-order valence-corrected chi connectivity index (χ0v) is 12.1. The SMILES string of the molecule is COC(=O)CCC(=O)NCCN1CCOc2ccccc21. The van der Waals surface area contributed by atoms with Crippen LogP contribution in [0.1, 0.15) is 12.8 Å². The van der Waals surface area contributed by atoms with Crippen LogP contribution in [-0.2, 0) is 14.3 Å². The molecule has 0 aliphatic carbocycles. The van der Waals surface area contributed by atoms with Crippen molar-refractivity contribution in [1.29, 1.82) is 0 Å². The van der Waals surface area contributed by atoms with Crippen molar-refractivity contribution in [3.63, 3.8) is 0 Å². The van der Waals surface area contributed by atoms with E-state index in [1.54, 1.807) is 0 Å². The zero-order chi connectivity index (χ0) is 15.1. The van der Waals surface area contributed by atoms with Gasteiger partial charge in [-0.15, -0.1) is 0 Å². The number of rotatable bonds is 6. The molecule has 1 aromatic rings. The van der Waals surface area contributed by atoms with Gasteiger partial charge in [-0.1, -0.05) is 12.1 Å². The summed E-state index contributed by atoms with van der Waals surface area (Å²) in [7, 11) is 1.32. The van der Waals surface area contributed by atoms with Crippen molar-refractivity contribution in [2.75, 3.05) is 38.3 Å². The Balaban J connectivity index is 1.74. The monoisotopic (exact) mass is 292 g/mol. The molecule has 114 valence electrons. The van der Waals surface area contributed by atoms with Crippen LogP contribution < -0.4 is 15.0 Å². The molecule has 0 fully saturated rings. The molecule has 0 unspecified atom stereocenters. The van der Waals surface area contributed by atoms with Crippen molar-refractivity contribution in [2.24, 2.45) is 0 Å². The van der Waals surface area contributed by atoms with Crippen molar-refractivity contribution in [2.45, 2.75) is 12.8 Å². The highest BCUT2D eigenvalue weighted by atomic mass is 16.5. The summed E-state index contributed by atoms with van der Waals surface area (Å²) in [6.07, 6.45) is 0.273. The van der Waals surface area contributed by atoms with E-state index in [-0.39, 0.29) is 24.7 Å². The largest absolute Gasteiger partial charge is 0.490 e. The predicted octanol–water partition coefficient (Wildman–Crippen LogP) is 0.955. The molecule has 1 heterocycles. The first kappa shape index (κ1) is 15.2. The van der Waals surface area contributed by atoms with E-state index in [1.165, 1.54) is 7.11 Å². The van der Waals surface area contributed by atoms with Gasteiger partial charge in [0.1, 0.15) is 12.4 Å². The molecule has 0 bridgehead atoms. The summed E-state index contributed by atoms with van der Waals surface area (Å²) >= 11 is 0. The maximum absolute atomic E-state index is 11.6. The Morgan fingerprint density at radius 2 is 2.14 bits per heavy atom. The minimum Gasteiger partial charge on any atom is -0.490 e. The van der Waals surface area contributed by atoms with E-state index in [0.29, 0.717) is 19.7 Å². The van der Waals surface area contributed by atoms with Crippen LogP contribution in [0.25, 0.3) is 0 Å². The summed E-state index contributed by atoms with van der Waals surface area (Å²) in [6, 6.07) is 7.86. The average Bonchev–Trinajstić information content (AvgIpc) is 2.52. The summed E-state index contributed by atoms with van der Waals surface area (Å²) < 4.78 is 10.1. The van der Waals surface area contributed by atoms with Crippen LogP contribution in [-0.4, -0.2) is 45.2 Å². The number of nitrogens with one attached hydrogen (secondary N) is 1. The average molecular weight is 292 g/mol. The number of carbonyl (C=O) groups is 2. The second-order valence-electron chi connectivity index (χ2n) is 4.73. The maximum Gasteiger partial charge on any atom is 0.306 e. The number of hydrogen-bond acceptors (Lipinski definition) is 5. The standard InChI is InChI=1S/C15H20N2O4/c1-20-15(19)7-6-14(18)16-8-9-17-10-11-21-13-5-3-2-4-12(13)17/h2-5H,6-11H2,1H3,(H,16,18). The summed E-state index contributed by atoms with van der Waals surface area (Å²) in [4.78, 5) is 24.7. The molecule has 1 amide bonds. The topological polar surface area (TPSA) is 67.9 Å². The number of esters is 1. The van der Waals surface area contributed by atoms with Gasteiger partial charge in [0.2, 0.25) is 5.91 Å². The molecule has 1 N–H and O–H groups in total. The van der Waals surface area contributed by atoms with Crippen molar-refractivity contribution >= 4 is 17.6 Å². The highest BCUT2D eigenvalue weighted by molar-refractivity contribution is 5.81. The quantitative estimate of drug-likeness (QED) is 0.791. The van der Waals surface area contributed by atoms with Gasteiger partial charge in [-0.2, -0.15) is 0 Å². The molecule has 21 heavy (non-hydrogen) atoms. The number of para-hydroxylation sites is 2. The second kappa shape index (κ2) is 7.52. The number of hydrogen-bond donors (Lipinski definition) is 1. The van der Waals surface area contributed by atoms with Crippen LogP contribution in [0, 0.1) is 0 Å². The van der Waals surface area contributed by atoms with Gasteiger partial charge >= 0.3 is 5.97 Å². The lowest BCUT2D eigenvalue weighted by Crippen LogP contribution is -2.39. The Kier molecular flexibility index (Phi) is 5.43. The maximum atomic E-state index is 11.6. The lowest BCUT2D eigenvalue weighted by Gasteiger charge is -2.31. The smallest absolute Gasteiger partial charge is 0.306 e. The first-order valence-electron chi connectivity index (χ1n) is 7.01. The van der Waals surface area contributed by atoms with Crippen LogP contribution in [0.4, 0.5) is 5.69 Å². The highest BCUT2D eigenvalue weighted by Crippen LogP contribution is 2.30. The second-order valence-corrected chi connectivity index (χ2v) is 4.73. The van der Waals surface area contributed by atoms with Gasteiger partial charge in [-0.25, -0.2) is 0 Å². The number of anilines is 1. The number of amides is 1. The normalized spacial score (nSPS) is 13.1. The third kappa shape index (κ3) is 4.37. The number of nitrogens with zero attached hydrogens (tertiary/aromatic N) is 1. The Morgan fingerprint density at radius 3 is 2.95 bits per heavy atom. The van der Waals surface area contributed by atoms with E-state index in [9.17, 15) is 9.59 Å². The molecule has 0 saturated heterocycles. The number of methoxy groups -OCH3 is 1. The van der Waals surface area contributed by atoms with Crippen molar-refractivity contribution < 1.29 is 19.1 Å². The van der Waals surface area contributed by atoms with Gasteiger partial charge in [0.15, 0.2) is 0 Å². The van der Waals surface area contributed by atoms with Crippen LogP contribution in [0.15, 0.2) is 24.3 Å². The first-order valence-corrected chi connectivity index (χ1v) is 7.01. The van der Waals surface area contributed by atoms with E-state index < -0.39 is 0 Å². The molecule has 0 aromatic heterocycles. The third-order valence-corrected chi connectivity index (χ3v) is 3.31. The molecule has 0 radical (unpaired) electrons. The van der Waals surface area contributed by atoms with E-state index in [4.69, 9.17) is 4.74 Å². The Morgan fingerprint density at radius 1 is 1.33 bits per heavy atom. The van der Waals surface area contributed by atoms with Crippen LogP contribution in [0.3, 0.4) is 0 Å². The molecule has 1 aromatic carbocycles. The number of ether oxygens (including phenoxy) is 2. The molecule has 0 spiro atoms. The first-order chi connectivity index (χ1) is 10.2. The Labute approximate surface area is 124 Å². The number of benzene rings is 1. The lowest BCUT2D eigenvalue weighted by atomic mass is 10.2. The van der Waals surface area contributed by atoms with E-state index in [1.807, 2.05) is 24.3 Å². The van der Waals surface area contributed by atoms with Crippen LogP contribution in [0.2, 0.25) is 0 Å². The van der Waals surface area contributed by atoms with Gasteiger partial charge in [-0.05, 0) is 12.1 Å². The Hall–Kier alpha value is -2.24. The molecule has 1 aliphatic heterocycles. The number of carbonyl (C=O) groups excluding carboxylic acids is 2. The third-order valence-electron chi connectivity index (χ3n) is 3.31. The van der Waals surface area contributed by atoms with Crippen LogP contribution in [0.5, 0.6) is 5.75 Å². The molecule has 1 aliphatic rings. The van der Waals surface area contributed by atoms with E-state index >= 15 is 0 Å². The van der Waals surface area contributed by atoms with E-state index in [2.05, 4.69) is 15.0 Å². The van der Waals surface area contributed by atoms with Gasteiger partial charge < -0.3 is 19.7 Å². The van der Waals surface area contributed by atoms with Crippen molar-refractivity contribution in [3.05, 3.63) is 24.3 Å². The molecule has 6 nitrogen and oxygen atoms in total. The van der Waals surface area contributed by atoms with Gasteiger partial charge in [0.05, 0.1) is 25.8 Å². The van der Waals surface area contributed by atoms with Crippen molar-refractivity contribution in [3.8, 4) is 5.75 Å². The fourth-order valence-corrected chi connectivity index (χ4v) is 2.20. The fraction of sp³-hybridized carbons (Fsp3) is 0.467. The number of fused-ring (bicyclic) bond motifs is 1. The predicted molar refractivity (Wildman–Crippen MR) is 78.4 cm³/mol. The molecule has 2 rings (SSSR count). The van der Waals surface area contributed by atoms with Gasteiger partial charge in [0.25, 0.3) is 0 Å². The van der Waals surface area contributed by atoms with E-state index in [0.717, 1.165) is 18.0 Å². The zero-order valence-electron chi connectivity index (χ0n) is 12.1. The lowest BCUT2D eigenvalue weighted by molar-refractivity contribution is -0.142. The summed E-state index contributed by atoms with van der Waals surface area (Å²) in [6.45, 7) is 2.70. The minimum absolute atomic E-state index is 0.114. The summed E-state index contributed by atoms with van der Waals surface area (Å²) in [5.41, 5.74) is 1.05. The summed E-state index contributed by atoms with van der Waals surface area (Å²) in [5, 5.41) is 2.81. The fourth-order valence-electron chi connectivity index (χ4n) is 2.20. The summed E-state index contributed by atoms with van der Waals surface area (Å²) in [5.74, 6) is 0.370. The van der Waals surface area contributed by atoms with Gasteiger partial charge in [-0.3, -0.25) is 9.59 Å². The molecule has 0 saturated carbocycles.